The number of nitrogens with one attached hydrogen (secondary N) is 1. The van der Waals surface area contributed by atoms with Crippen LogP contribution in [0.3, 0.4) is 0 Å². The first-order chi connectivity index (χ1) is 8.47. The second-order valence-corrected chi connectivity index (χ2v) is 6.88. The predicted molar refractivity (Wildman–Crippen MR) is 76.8 cm³/mol. The van der Waals surface area contributed by atoms with Crippen molar-refractivity contribution in [2.75, 3.05) is 18.1 Å². The zero-order valence-corrected chi connectivity index (χ0v) is 12.6. The molecule has 0 saturated carbocycles. The van der Waals surface area contributed by atoms with Crippen molar-refractivity contribution in [3.63, 3.8) is 0 Å². The molecule has 0 aromatic heterocycles. The maximum absolute atomic E-state index is 11.1. The lowest BCUT2D eigenvalue weighted by molar-refractivity contribution is -0.122. The molecule has 0 bridgehead atoms. The van der Waals surface area contributed by atoms with Gasteiger partial charge in [-0.15, -0.1) is 23.5 Å². The molecule has 108 valence electrons. The van der Waals surface area contributed by atoms with Gasteiger partial charge in [-0.3, -0.25) is 4.79 Å². The molecule has 0 saturated heterocycles. The molecule has 0 fully saturated rings. The van der Waals surface area contributed by atoms with Gasteiger partial charge in [-0.2, -0.15) is 0 Å². The standard InChI is InChI=1S/C11H23NO4S2/c1-4-17-11(18-5-2)10(16)9(8(15)6-13)12-7(3)14/h8-11,13,15-16H,4-6H2,1-3H3,(H,12,14). The summed E-state index contributed by atoms with van der Waals surface area (Å²) in [6.45, 7) is 4.79. The van der Waals surface area contributed by atoms with Gasteiger partial charge in [-0.1, -0.05) is 13.8 Å². The molecule has 0 aliphatic heterocycles. The highest BCUT2D eigenvalue weighted by Gasteiger charge is 2.33. The van der Waals surface area contributed by atoms with Crippen molar-refractivity contribution in [2.45, 2.75) is 43.6 Å². The Bertz CT molecular complexity index is 237. The van der Waals surface area contributed by atoms with Gasteiger partial charge in [0, 0.05) is 6.92 Å². The number of hydrogen-bond donors (Lipinski definition) is 4. The molecule has 0 aliphatic carbocycles. The Morgan fingerprint density at radius 2 is 1.72 bits per heavy atom. The van der Waals surface area contributed by atoms with Crippen molar-refractivity contribution < 1.29 is 20.1 Å². The van der Waals surface area contributed by atoms with Crippen LogP contribution in [0.5, 0.6) is 0 Å². The predicted octanol–water partition coefficient (Wildman–Crippen LogP) is 0.0375. The summed E-state index contributed by atoms with van der Waals surface area (Å²) in [5.74, 6) is 1.32. The third-order valence-corrected chi connectivity index (χ3v) is 4.98. The zero-order chi connectivity index (χ0) is 14.1. The summed E-state index contributed by atoms with van der Waals surface area (Å²) in [5, 5.41) is 31.4. The smallest absolute Gasteiger partial charge is 0.217 e. The van der Waals surface area contributed by atoms with Gasteiger partial charge in [-0.25, -0.2) is 0 Å². The first-order valence-electron chi connectivity index (χ1n) is 5.95. The second-order valence-electron chi connectivity index (χ2n) is 3.75. The molecule has 0 rings (SSSR count). The second kappa shape index (κ2) is 9.91. The van der Waals surface area contributed by atoms with Crippen LogP contribution in [-0.2, 0) is 4.79 Å². The third-order valence-electron chi connectivity index (χ3n) is 2.28. The van der Waals surface area contributed by atoms with Gasteiger partial charge >= 0.3 is 0 Å². The van der Waals surface area contributed by atoms with Crippen molar-refractivity contribution in [2.24, 2.45) is 0 Å². The Labute approximate surface area is 117 Å². The molecule has 0 aliphatic rings. The number of carbonyl (C=O) groups is 1. The Hall–Kier alpha value is 0.0500. The molecule has 0 radical (unpaired) electrons. The van der Waals surface area contributed by atoms with E-state index in [4.69, 9.17) is 5.11 Å². The number of carbonyl (C=O) groups excluding carboxylic acids is 1. The van der Waals surface area contributed by atoms with Crippen LogP contribution >= 0.6 is 23.5 Å². The minimum absolute atomic E-state index is 0.141. The number of aliphatic hydroxyl groups is 3. The van der Waals surface area contributed by atoms with Crippen LogP contribution in [0.2, 0.25) is 0 Å². The third kappa shape index (κ3) is 6.29. The van der Waals surface area contributed by atoms with Gasteiger partial charge in [-0.05, 0) is 11.5 Å². The summed E-state index contributed by atoms with van der Waals surface area (Å²) in [4.78, 5) is 11.1. The molecule has 0 aromatic rings. The SMILES string of the molecule is CCSC(SCC)C(O)C(NC(C)=O)C(O)CO. The molecule has 4 N–H and O–H groups in total. The maximum Gasteiger partial charge on any atom is 0.217 e. The Balaban J connectivity index is 4.76. The molecular weight excluding hydrogens is 274 g/mol. The molecule has 7 heteroatoms. The quantitative estimate of drug-likeness (QED) is 0.449. The van der Waals surface area contributed by atoms with E-state index in [1.807, 2.05) is 13.8 Å². The highest BCUT2D eigenvalue weighted by Crippen LogP contribution is 2.28. The van der Waals surface area contributed by atoms with Gasteiger partial charge in [0.05, 0.1) is 29.4 Å². The van der Waals surface area contributed by atoms with Crippen molar-refractivity contribution in [1.29, 1.82) is 0 Å². The van der Waals surface area contributed by atoms with Crippen LogP contribution in [0.1, 0.15) is 20.8 Å². The molecule has 1 amide bonds. The molecule has 5 nitrogen and oxygen atoms in total. The Morgan fingerprint density at radius 3 is 2.06 bits per heavy atom. The van der Waals surface area contributed by atoms with Crippen LogP contribution in [0.4, 0.5) is 0 Å². The van der Waals surface area contributed by atoms with Gasteiger partial charge in [0.15, 0.2) is 0 Å². The fourth-order valence-electron chi connectivity index (χ4n) is 1.50. The van der Waals surface area contributed by atoms with Crippen LogP contribution < -0.4 is 5.32 Å². The van der Waals surface area contributed by atoms with E-state index in [1.54, 1.807) is 23.5 Å². The van der Waals surface area contributed by atoms with Gasteiger partial charge < -0.3 is 20.6 Å². The summed E-state index contributed by atoms with van der Waals surface area (Å²) >= 11 is 3.12. The van der Waals surface area contributed by atoms with E-state index in [-0.39, 0.29) is 10.5 Å². The van der Waals surface area contributed by atoms with E-state index in [2.05, 4.69) is 5.32 Å². The fourth-order valence-corrected chi connectivity index (χ4v) is 4.09. The minimum Gasteiger partial charge on any atom is -0.394 e. The van der Waals surface area contributed by atoms with Crippen LogP contribution in [0.25, 0.3) is 0 Å². The highest BCUT2D eigenvalue weighted by atomic mass is 32.2. The minimum atomic E-state index is -1.17. The molecule has 18 heavy (non-hydrogen) atoms. The number of thioether (sulfide) groups is 2. The van der Waals surface area contributed by atoms with E-state index in [1.165, 1.54) is 6.92 Å². The molecule has 3 atom stereocenters. The summed E-state index contributed by atoms with van der Waals surface area (Å²) in [7, 11) is 0. The highest BCUT2D eigenvalue weighted by molar-refractivity contribution is 8.17. The first-order valence-corrected chi connectivity index (χ1v) is 8.04. The van der Waals surface area contributed by atoms with Crippen molar-refractivity contribution >= 4 is 29.4 Å². The van der Waals surface area contributed by atoms with Crippen molar-refractivity contribution in [1.82, 2.24) is 5.32 Å². The van der Waals surface area contributed by atoms with E-state index in [0.29, 0.717) is 0 Å². The van der Waals surface area contributed by atoms with Crippen molar-refractivity contribution in [3.8, 4) is 0 Å². The molecule has 0 spiro atoms. The normalized spacial score (nSPS) is 16.4. The maximum atomic E-state index is 11.1. The van der Waals surface area contributed by atoms with Gasteiger partial charge in [0.25, 0.3) is 0 Å². The summed E-state index contributed by atoms with van der Waals surface area (Å²) in [6.07, 6.45) is -2.08. The lowest BCUT2D eigenvalue weighted by atomic mass is 10.1. The van der Waals surface area contributed by atoms with Crippen LogP contribution in [0, 0.1) is 0 Å². The number of aliphatic hydroxyl groups excluding tert-OH is 3. The van der Waals surface area contributed by atoms with E-state index >= 15 is 0 Å². The van der Waals surface area contributed by atoms with Crippen LogP contribution in [-0.4, -0.2) is 62.2 Å². The number of rotatable bonds is 9. The summed E-state index contributed by atoms with van der Waals surface area (Å²) in [5.41, 5.74) is 0. The van der Waals surface area contributed by atoms with Gasteiger partial charge in [0.2, 0.25) is 5.91 Å². The first kappa shape index (κ1) is 18.0. The van der Waals surface area contributed by atoms with E-state index in [0.717, 1.165) is 11.5 Å². The zero-order valence-electron chi connectivity index (χ0n) is 11.0. The molecule has 3 unspecified atom stereocenters. The lowest BCUT2D eigenvalue weighted by Crippen LogP contribution is -2.54. The van der Waals surface area contributed by atoms with E-state index in [9.17, 15) is 15.0 Å². The molecule has 0 heterocycles. The molecule has 0 aromatic carbocycles. The summed E-state index contributed by atoms with van der Waals surface area (Å²) in [6, 6.07) is -0.851. The fraction of sp³-hybridized carbons (Fsp3) is 0.909. The monoisotopic (exact) mass is 297 g/mol. The topological polar surface area (TPSA) is 89.8 Å². The van der Waals surface area contributed by atoms with Crippen LogP contribution in [0.15, 0.2) is 0 Å². The average Bonchev–Trinajstić information content (AvgIpc) is 2.33. The van der Waals surface area contributed by atoms with Crippen molar-refractivity contribution in [3.05, 3.63) is 0 Å². The number of amides is 1. The summed E-state index contributed by atoms with van der Waals surface area (Å²) < 4.78 is -0.141. The average molecular weight is 297 g/mol. The lowest BCUT2D eigenvalue weighted by Gasteiger charge is -2.31. The number of hydrogen-bond acceptors (Lipinski definition) is 6. The Morgan fingerprint density at radius 1 is 1.22 bits per heavy atom. The molecular formula is C11H23NO4S2. The van der Waals surface area contributed by atoms with Gasteiger partial charge in [0.1, 0.15) is 0 Å². The largest absolute Gasteiger partial charge is 0.394 e. The Kier molecular flexibility index (Phi) is 9.94. The van der Waals surface area contributed by atoms with E-state index < -0.39 is 24.9 Å².